The van der Waals surface area contributed by atoms with Gasteiger partial charge in [-0.3, -0.25) is 4.79 Å². The highest BCUT2D eigenvalue weighted by Crippen LogP contribution is 2.17. The van der Waals surface area contributed by atoms with Crippen molar-refractivity contribution in [1.29, 1.82) is 0 Å². The number of oxime groups is 1. The zero-order chi connectivity index (χ0) is 14.5. The Balaban J connectivity index is 1.93. The summed E-state index contributed by atoms with van der Waals surface area (Å²) in [6.07, 6.45) is -0.162. The first kappa shape index (κ1) is 14.5. The van der Waals surface area contributed by atoms with Gasteiger partial charge in [0.25, 0.3) is 5.91 Å². The van der Waals surface area contributed by atoms with Crippen LogP contribution in [0.5, 0.6) is 0 Å². The number of carbonyl (C=O) groups excluding carboxylic acids is 1. The van der Waals surface area contributed by atoms with E-state index in [9.17, 15) is 9.90 Å². The first-order valence-electron chi connectivity index (χ1n) is 6.81. The van der Waals surface area contributed by atoms with Crippen LogP contribution in [0.25, 0.3) is 0 Å². The Bertz CT molecular complexity index is 485. The number of amides is 1. The van der Waals surface area contributed by atoms with Gasteiger partial charge in [-0.2, -0.15) is 0 Å². The minimum absolute atomic E-state index is 0.0808. The maximum absolute atomic E-state index is 12.1. The molecule has 5 heteroatoms. The van der Waals surface area contributed by atoms with Crippen molar-refractivity contribution in [3.8, 4) is 0 Å². The minimum atomic E-state index is -0.613. The molecule has 0 aliphatic carbocycles. The number of carbonyl (C=O) groups is 1. The number of nitrogens with one attached hydrogen (secondary N) is 1. The lowest BCUT2D eigenvalue weighted by Gasteiger charge is -2.21. The second kappa shape index (κ2) is 6.52. The maximum Gasteiger partial charge on any atom is 0.264 e. The Kier molecular flexibility index (Phi) is 4.74. The van der Waals surface area contributed by atoms with Gasteiger partial charge in [0.1, 0.15) is 0 Å². The van der Waals surface area contributed by atoms with Crippen molar-refractivity contribution in [3.63, 3.8) is 0 Å². The second-order valence-corrected chi connectivity index (χ2v) is 5.24. The highest BCUT2D eigenvalue weighted by molar-refractivity contribution is 6.04. The summed E-state index contributed by atoms with van der Waals surface area (Å²) >= 11 is 0. The third kappa shape index (κ3) is 3.36. The fourth-order valence-electron chi connectivity index (χ4n) is 2.02. The van der Waals surface area contributed by atoms with Crippen LogP contribution in [0.15, 0.2) is 35.5 Å². The lowest BCUT2D eigenvalue weighted by molar-refractivity contribution is -0.132. The highest BCUT2D eigenvalue weighted by atomic mass is 16.6. The molecule has 1 aromatic rings. The highest BCUT2D eigenvalue weighted by Gasteiger charge is 2.30. The number of aliphatic hydroxyl groups excluding tert-OH is 1. The molecule has 2 N–H and O–H groups in total. The predicted molar refractivity (Wildman–Crippen MR) is 76.3 cm³/mol. The zero-order valence-electron chi connectivity index (χ0n) is 11.7. The monoisotopic (exact) mass is 276 g/mol. The first-order valence-corrected chi connectivity index (χ1v) is 6.81. The van der Waals surface area contributed by atoms with Crippen LogP contribution < -0.4 is 5.32 Å². The van der Waals surface area contributed by atoms with E-state index in [1.54, 1.807) is 0 Å². The molecule has 0 aromatic heterocycles. The van der Waals surface area contributed by atoms with Crippen LogP contribution in [0.2, 0.25) is 0 Å². The molecule has 2 rings (SSSR count). The van der Waals surface area contributed by atoms with Crippen molar-refractivity contribution < 1.29 is 14.7 Å². The number of hydrogen-bond donors (Lipinski definition) is 2. The van der Waals surface area contributed by atoms with Crippen LogP contribution in [-0.4, -0.2) is 35.5 Å². The molecule has 0 bridgehead atoms. The molecule has 1 unspecified atom stereocenters. The molecule has 1 aliphatic heterocycles. The molecular weight excluding hydrogens is 256 g/mol. The molecule has 0 fully saturated rings. The fraction of sp³-hybridized carbons (Fsp3) is 0.467. The van der Waals surface area contributed by atoms with Gasteiger partial charge < -0.3 is 15.3 Å². The molecule has 1 heterocycles. The quantitative estimate of drug-likeness (QED) is 0.852. The van der Waals surface area contributed by atoms with Gasteiger partial charge in [-0.05, 0) is 11.5 Å². The van der Waals surface area contributed by atoms with Gasteiger partial charge in [0.2, 0.25) is 6.10 Å². The summed E-state index contributed by atoms with van der Waals surface area (Å²) in [7, 11) is 0. The van der Waals surface area contributed by atoms with E-state index in [1.165, 1.54) is 0 Å². The first-order chi connectivity index (χ1) is 9.61. The van der Waals surface area contributed by atoms with E-state index in [0.717, 1.165) is 11.3 Å². The van der Waals surface area contributed by atoms with Crippen LogP contribution >= 0.6 is 0 Å². The lowest BCUT2D eigenvalue weighted by Crippen LogP contribution is -2.45. The fourth-order valence-corrected chi connectivity index (χ4v) is 2.02. The summed E-state index contributed by atoms with van der Waals surface area (Å²) in [4.78, 5) is 17.3. The number of benzene rings is 1. The molecule has 0 spiro atoms. The molecule has 0 radical (unpaired) electrons. The minimum Gasteiger partial charge on any atom is -0.394 e. The van der Waals surface area contributed by atoms with Crippen molar-refractivity contribution >= 4 is 11.6 Å². The summed E-state index contributed by atoms with van der Waals surface area (Å²) in [5, 5.41) is 16.0. The smallest absolute Gasteiger partial charge is 0.264 e. The predicted octanol–water partition coefficient (Wildman–Crippen LogP) is 1.31. The number of aliphatic hydroxyl groups is 1. The van der Waals surface area contributed by atoms with E-state index in [-0.39, 0.29) is 24.5 Å². The van der Waals surface area contributed by atoms with Gasteiger partial charge in [-0.25, -0.2) is 0 Å². The third-order valence-electron chi connectivity index (χ3n) is 3.40. The Morgan fingerprint density at radius 1 is 1.45 bits per heavy atom. The molecule has 0 saturated heterocycles. The Morgan fingerprint density at radius 2 is 2.15 bits per heavy atom. The van der Waals surface area contributed by atoms with Crippen LogP contribution in [0.3, 0.4) is 0 Å². The molecule has 5 nitrogen and oxygen atoms in total. The summed E-state index contributed by atoms with van der Waals surface area (Å²) in [5.74, 6) is -0.0627. The molecule has 1 aliphatic rings. The molecule has 1 aromatic carbocycles. The van der Waals surface area contributed by atoms with Gasteiger partial charge in [0.05, 0.1) is 18.4 Å². The summed E-state index contributed by atoms with van der Waals surface area (Å²) in [6.45, 7) is 3.81. The summed E-state index contributed by atoms with van der Waals surface area (Å²) in [6, 6.07) is 9.39. The molecule has 2 atom stereocenters. The second-order valence-electron chi connectivity index (χ2n) is 5.24. The van der Waals surface area contributed by atoms with Gasteiger partial charge in [-0.1, -0.05) is 49.3 Å². The van der Waals surface area contributed by atoms with Crippen molar-refractivity contribution in [2.75, 3.05) is 6.61 Å². The Labute approximate surface area is 118 Å². The SMILES string of the molecule is CC(C)[C@@H](CO)NC(=O)C1CC(c2ccccc2)=NO1. The molecule has 108 valence electrons. The average molecular weight is 276 g/mol. The Hall–Kier alpha value is -1.88. The number of nitrogens with zero attached hydrogens (tertiary/aromatic N) is 1. The molecular formula is C15H20N2O3. The van der Waals surface area contributed by atoms with E-state index in [4.69, 9.17) is 4.84 Å². The standard InChI is InChI=1S/C15H20N2O3/c1-10(2)13(9-18)16-15(19)14-8-12(17-20-14)11-6-4-3-5-7-11/h3-7,10,13-14,18H,8-9H2,1-2H3,(H,16,19)/t13-,14?/m1/s1. The van der Waals surface area contributed by atoms with Crippen molar-refractivity contribution in [2.45, 2.75) is 32.4 Å². The van der Waals surface area contributed by atoms with Gasteiger partial charge in [0.15, 0.2) is 0 Å². The van der Waals surface area contributed by atoms with Crippen LogP contribution in [0.1, 0.15) is 25.8 Å². The van der Waals surface area contributed by atoms with Crippen LogP contribution in [0.4, 0.5) is 0 Å². The topological polar surface area (TPSA) is 70.9 Å². The molecule has 20 heavy (non-hydrogen) atoms. The van der Waals surface area contributed by atoms with Crippen molar-refractivity contribution in [1.82, 2.24) is 5.32 Å². The van der Waals surface area contributed by atoms with Gasteiger partial charge >= 0.3 is 0 Å². The normalized spacial score (nSPS) is 19.4. The summed E-state index contributed by atoms with van der Waals surface area (Å²) < 4.78 is 0. The van der Waals surface area contributed by atoms with Gasteiger partial charge in [-0.15, -0.1) is 0 Å². The van der Waals surface area contributed by atoms with Crippen molar-refractivity contribution in [3.05, 3.63) is 35.9 Å². The Morgan fingerprint density at radius 3 is 2.75 bits per heavy atom. The molecule has 0 saturated carbocycles. The summed E-state index contributed by atoms with van der Waals surface area (Å²) in [5.41, 5.74) is 1.74. The zero-order valence-corrected chi connectivity index (χ0v) is 11.7. The molecule has 1 amide bonds. The van der Waals surface area contributed by atoms with Crippen LogP contribution in [-0.2, 0) is 9.63 Å². The maximum atomic E-state index is 12.1. The van der Waals surface area contributed by atoms with E-state index in [0.29, 0.717) is 6.42 Å². The van der Waals surface area contributed by atoms with Gasteiger partial charge in [0, 0.05) is 6.42 Å². The van der Waals surface area contributed by atoms with E-state index in [2.05, 4.69) is 10.5 Å². The van der Waals surface area contributed by atoms with Crippen molar-refractivity contribution in [2.24, 2.45) is 11.1 Å². The van der Waals surface area contributed by atoms with E-state index >= 15 is 0 Å². The average Bonchev–Trinajstić information content (AvgIpc) is 2.95. The third-order valence-corrected chi connectivity index (χ3v) is 3.40. The largest absolute Gasteiger partial charge is 0.394 e. The number of rotatable bonds is 5. The van der Waals surface area contributed by atoms with E-state index in [1.807, 2.05) is 44.2 Å². The van der Waals surface area contributed by atoms with E-state index < -0.39 is 6.10 Å². The van der Waals surface area contributed by atoms with Crippen LogP contribution in [0, 0.1) is 5.92 Å². The number of hydrogen-bond acceptors (Lipinski definition) is 4. The lowest BCUT2D eigenvalue weighted by atomic mass is 10.0.